The van der Waals surface area contributed by atoms with Crippen LogP contribution in [0.2, 0.25) is 5.02 Å². The molecule has 0 unspecified atom stereocenters. The maximum atomic E-state index is 12.3. The predicted molar refractivity (Wildman–Crippen MR) is 106 cm³/mol. The molecule has 1 aromatic heterocycles. The largest absolute Gasteiger partial charge is 0.481 e. The smallest absolute Gasteiger partial charge is 0.266 e. The standard InChI is InChI=1S/C18H16ClN3O2S2/c1-12(24-15-9-5-8-14(19)10-15)16(23)20-17-21-22-18(26-17)25-11-13-6-3-2-4-7-13/h2-10,12H,11H2,1H3,(H,20,21,23)/t12-/m0/s1. The number of carbonyl (C=O) groups is 1. The highest BCUT2D eigenvalue weighted by Gasteiger charge is 2.17. The SMILES string of the molecule is C[C@H](Oc1cccc(Cl)c1)C(=O)Nc1nnc(SCc2ccccc2)s1. The van der Waals surface area contributed by atoms with Crippen molar-refractivity contribution in [3.05, 3.63) is 65.2 Å². The third-order valence-corrected chi connectivity index (χ3v) is 5.60. The van der Waals surface area contributed by atoms with Gasteiger partial charge in [-0.3, -0.25) is 10.1 Å². The maximum Gasteiger partial charge on any atom is 0.266 e. The first-order chi connectivity index (χ1) is 12.6. The Morgan fingerprint density at radius 1 is 1.23 bits per heavy atom. The molecule has 0 bridgehead atoms. The van der Waals surface area contributed by atoms with Gasteiger partial charge in [0.05, 0.1) is 0 Å². The molecular formula is C18H16ClN3O2S2. The van der Waals surface area contributed by atoms with Gasteiger partial charge in [-0.15, -0.1) is 10.2 Å². The minimum atomic E-state index is -0.683. The highest BCUT2D eigenvalue weighted by atomic mass is 35.5. The van der Waals surface area contributed by atoms with Crippen molar-refractivity contribution in [2.24, 2.45) is 0 Å². The van der Waals surface area contributed by atoms with Gasteiger partial charge in [-0.2, -0.15) is 0 Å². The van der Waals surface area contributed by atoms with Crippen molar-refractivity contribution in [1.82, 2.24) is 10.2 Å². The molecule has 1 N–H and O–H groups in total. The lowest BCUT2D eigenvalue weighted by Crippen LogP contribution is -2.30. The number of aromatic nitrogens is 2. The van der Waals surface area contributed by atoms with Gasteiger partial charge in [0.1, 0.15) is 5.75 Å². The predicted octanol–water partition coefficient (Wildman–Crippen LogP) is 4.89. The van der Waals surface area contributed by atoms with Gasteiger partial charge in [0.25, 0.3) is 5.91 Å². The zero-order valence-corrected chi connectivity index (χ0v) is 16.3. The summed E-state index contributed by atoms with van der Waals surface area (Å²) in [5.74, 6) is 1.05. The number of thioether (sulfide) groups is 1. The summed E-state index contributed by atoms with van der Waals surface area (Å²) in [5, 5.41) is 11.8. The molecule has 1 amide bonds. The Kier molecular flexibility index (Phi) is 6.49. The summed E-state index contributed by atoms with van der Waals surface area (Å²) < 4.78 is 6.39. The van der Waals surface area contributed by atoms with Crippen molar-refractivity contribution in [2.45, 2.75) is 23.1 Å². The molecule has 0 saturated carbocycles. The molecule has 3 rings (SSSR count). The van der Waals surface area contributed by atoms with Crippen LogP contribution in [0.3, 0.4) is 0 Å². The monoisotopic (exact) mass is 405 g/mol. The minimum absolute atomic E-state index is 0.291. The van der Waals surface area contributed by atoms with Crippen molar-refractivity contribution >= 4 is 45.7 Å². The van der Waals surface area contributed by atoms with E-state index in [4.69, 9.17) is 16.3 Å². The highest BCUT2D eigenvalue weighted by Crippen LogP contribution is 2.28. The molecule has 1 heterocycles. The normalized spacial score (nSPS) is 11.8. The van der Waals surface area contributed by atoms with Crippen LogP contribution in [-0.2, 0) is 10.5 Å². The van der Waals surface area contributed by atoms with E-state index in [1.54, 1.807) is 43.0 Å². The Hall–Kier alpha value is -2.09. The maximum absolute atomic E-state index is 12.3. The first kappa shape index (κ1) is 18.7. The molecule has 0 aliphatic carbocycles. The Labute approximate surface area is 164 Å². The molecule has 1 atom stereocenters. The van der Waals surface area contributed by atoms with Gasteiger partial charge < -0.3 is 4.74 Å². The molecule has 0 radical (unpaired) electrons. The van der Waals surface area contributed by atoms with E-state index >= 15 is 0 Å². The number of ether oxygens (including phenoxy) is 1. The molecular weight excluding hydrogens is 390 g/mol. The van der Waals surface area contributed by atoms with Gasteiger partial charge in [0.15, 0.2) is 10.4 Å². The molecule has 3 aromatic rings. The van der Waals surface area contributed by atoms with E-state index in [0.717, 1.165) is 10.1 Å². The van der Waals surface area contributed by atoms with E-state index in [1.807, 2.05) is 18.2 Å². The number of hydrogen-bond acceptors (Lipinski definition) is 6. The number of anilines is 1. The van der Waals surface area contributed by atoms with Crippen molar-refractivity contribution in [2.75, 3.05) is 5.32 Å². The second-order valence-corrected chi connectivity index (χ2v) is 7.99. The first-order valence-electron chi connectivity index (χ1n) is 7.83. The second-order valence-electron chi connectivity index (χ2n) is 5.35. The topological polar surface area (TPSA) is 64.1 Å². The van der Waals surface area contributed by atoms with Crippen molar-refractivity contribution < 1.29 is 9.53 Å². The summed E-state index contributed by atoms with van der Waals surface area (Å²) in [6.45, 7) is 1.67. The molecule has 0 aliphatic heterocycles. The summed E-state index contributed by atoms with van der Waals surface area (Å²) in [5.41, 5.74) is 1.21. The van der Waals surface area contributed by atoms with Gasteiger partial charge in [0, 0.05) is 10.8 Å². The lowest BCUT2D eigenvalue weighted by Gasteiger charge is -2.13. The summed E-state index contributed by atoms with van der Waals surface area (Å²) in [7, 11) is 0. The van der Waals surface area contributed by atoms with Gasteiger partial charge in [-0.05, 0) is 30.7 Å². The fourth-order valence-corrected chi connectivity index (χ4v) is 3.93. The number of amides is 1. The number of nitrogens with zero attached hydrogens (tertiary/aromatic N) is 2. The molecule has 2 aromatic carbocycles. The van der Waals surface area contributed by atoms with E-state index < -0.39 is 6.10 Å². The van der Waals surface area contributed by atoms with Crippen LogP contribution in [0.5, 0.6) is 5.75 Å². The summed E-state index contributed by atoms with van der Waals surface area (Å²) in [6, 6.07) is 17.0. The van der Waals surface area contributed by atoms with Crippen LogP contribution in [0.25, 0.3) is 0 Å². The van der Waals surface area contributed by atoms with Crippen LogP contribution in [-0.4, -0.2) is 22.2 Å². The van der Waals surface area contributed by atoms with Crippen LogP contribution in [0, 0.1) is 0 Å². The van der Waals surface area contributed by atoms with Gasteiger partial charge >= 0.3 is 0 Å². The number of halogens is 1. The Morgan fingerprint density at radius 3 is 2.81 bits per heavy atom. The summed E-state index contributed by atoms with van der Waals surface area (Å²) in [4.78, 5) is 12.3. The first-order valence-corrected chi connectivity index (χ1v) is 10.0. The third kappa shape index (κ3) is 5.45. The number of hydrogen-bond donors (Lipinski definition) is 1. The van der Waals surface area contributed by atoms with Crippen molar-refractivity contribution in [3.8, 4) is 5.75 Å². The molecule has 0 aliphatic rings. The molecule has 134 valence electrons. The lowest BCUT2D eigenvalue weighted by atomic mass is 10.2. The van der Waals surface area contributed by atoms with E-state index in [9.17, 15) is 4.79 Å². The number of benzene rings is 2. The van der Waals surface area contributed by atoms with E-state index in [-0.39, 0.29) is 5.91 Å². The van der Waals surface area contributed by atoms with Crippen LogP contribution in [0.15, 0.2) is 58.9 Å². The molecule has 8 heteroatoms. The second kappa shape index (κ2) is 9.02. The third-order valence-electron chi connectivity index (χ3n) is 3.32. The molecule has 26 heavy (non-hydrogen) atoms. The van der Waals surface area contributed by atoms with Crippen LogP contribution >= 0.6 is 34.7 Å². The van der Waals surface area contributed by atoms with E-state index in [0.29, 0.717) is 15.9 Å². The van der Waals surface area contributed by atoms with E-state index in [1.165, 1.54) is 16.9 Å². The average Bonchev–Trinajstić information content (AvgIpc) is 3.08. The molecule has 0 saturated heterocycles. The molecule has 0 spiro atoms. The fraction of sp³-hybridized carbons (Fsp3) is 0.167. The van der Waals surface area contributed by atoms with Gasteiger partial charge in [-0.25, -0.2) is 0 Å². The number of carbonyl (C=O) groups excluding carboxylic acids is 1. The quantitative estimate of drug-likeness (QED) is 0.448. The molecule has 5 nitrogen and oxygen atoms in total. The van der Waals surface area contributed by atoms with Crippen molar-refractivity contribution in [1.29, 1.82) is 0 Å². The zero-order chi connectivity index (χ0) is 18.4. The number of rotatable bonds is 7. The fourth-order valence-electron chi connectivity index (χ4n) is 2.04. The Morgan fingerprint density at radius 2 is 2.04 bits per heavy atom. The average molecular weight is 406 g/mol. The minimum Gasteiger partial charge on any atom is -0.481 e. The van der Waals surface area contributed by atoms with Crippen molar-refractivity contribution in [3.63, 3.8) is 0 Å². The Balaban J connectivity index is 1.52. The van der Waals surface area contributed by atoms with Gasteiger partial charge in [0.2, 0.25) is 5.13 Å². The zero-order valence-electron chi connectivity index (χ0n) is 13.9. The molecule has 0 fully saturated rings. The number of nitrogens with one attached hydrogen (secondary N) is 1. The summed E-state index contributed by atoms with van der Waals surface area (Å²) >= 11 is 8.84. The van der Waals surface area contributed by atoms with E-state index in [2.05, 4.69) is 27.6 Å². The Bertz CT molecular complexity index is 874. The van der Waals surface area contributed by atoms with Crippen LogP contribution in [0.1, 0.15) is 12.5 Å². The lowest BCUT2D eigenvalue weighted by molar-refractivity contribution is -0.122. The van der Waals surface area contributed by atoms with Crippen LogP contribution in [0.4, 0.5) is 5.13 Å². The summed E-state index contributed by atoms with van der Waals surface area (Å²) in [6.07, 6.45) is -0.683. The van der Waals surface area contributed by atoms with Gasteiger partial charge in [-0.1, -0.05) is 71.1 Å². The van der Waals surface area contributed by atoms with Crippen LogP contribution < -0.4 is 10.1 Å². The highest BCUT2D eigenvalue weighted by molar-refractivity contribution is 8.00.